The third-order valence-corrected chi connectivity index (χ3v) is 1.37. The summed E-state index contributed by atoms with van der Waals surface area (Å²) in [6.07, 6.45) is 0. The fraction of sp³-hybridized carbons (Fsp3) is 0.125. The highest BCUT2D eigenvalue weighted by atomic mass is 79.9. The SMILES string of the molecule is Br.O=C(C[N+](=O)[O-])c1ccccc1. The molecule has 0 bridgehead atoms. The molecule has 5 heteroatoms. The maximum absolute atomic E-state index is 11.0. The lowest BCUT2D eigenvalue weighted by Crippen LogP contribution is -2.13. The van der Waals surface area contributed by atoms with Gasteiger partial charge in [-0.25, -0.2) is 0 Å². The van der Waals surface area contributed by atoms with Crippen molar-refractivity contribution < 1.29 is 9.72 Å². The number of nitrogens with zero attached hydrogens (tertiary/aromatic N) is 1. The molecule has 0 aromatic heterocycles. The van der Waals surface area contributed by atoms with Crippen molar-refractivity contribution in [3.8, 4) is 0 Å². The second-order valence-corrected chi connectivity index (χ2v) is 2.28. The summed E-state index contributed by atoms with van der Waals surface area (Å²) in [6, 6.07) is 8.22. The van der Waals surface area contributed by atoms with Gasteiger partial charge in [0.05, 0.1) is 0 Å². The summed E-state index contributed by atoms with van der Waals surface area (Å²) >= 11 is 0. The quantitative estimate of drug-likeness (QED) is 0.463. The van der Waals surface area contributed by atoms with E-state index in [4.69, 9.17) is 0 Å². The Morgan fingerprint density at radius 1 is 1.31 bits per heavy atom. The lowest BCUT2D eigenvalue weighted by molar-refractivity contribution is -0.465. The molecule has 13 heavy (non-hydrogen) atoms. The van der Waals surface area contributed by atoms with Crippen LogP contribution in [-0.2, 0) is 0 Å². The summed E-state index contributed by atoms with van der Waals surface area (Å²) in [6.45, 7) is -0.635. The number of Topliss-reactive ketones (excluding diaryl/α,β-unsaturated/α-hetero) is 1. The van der Waals surface area contributed by atoms with E-state index in [1.807, 2.05) is 0 Å². The second-order valence-electron chi connectivity index (χ2n) is 2.28. The summed E-state index contributed by atoms with van der Waals surface area (Å²) in [5.74, 6) is -0.458. The molecular formula is C8H8BrNO3. The number of carbonyl (C=O) groups is 1. The van der Waals surface area contributed by atoms with E-state index >= 15 is 0 Å². The van der Waals surface area contributed by atoms with Crippen LogP contribution in [0.2, 0.25) is 0 Å². The number of rotatable bonds is 3. The van der Waals surface area contributed by atoms with Crippen LogP contribution >= 0.6 is 17.0 Å². The Morgan fingerprint density at radius 3 is 2.31 bits per heavy atom. The van der Waals surface area contributed by atoms with Crippen molar-refractivity contribution in [1.82, 2.24) is 0 Å². The second kappa shape index (κ2) is 5.42. The van der Waals surface area contributed by atoms with Gasteiger partial charge in [-0.1, -0.05) is 30.3 Å². The first-order valence-electron chi connectivity index (χ1n) is 3.40. The third kappa shape index (κ3) is 3.80. The number of ketones is 1. The van der Waals surface area contributed by atoms with Gasteiger partial charge in [-0.2, -0.15) is 0 Å². The Labute approximate surface area is 85.5 Å². The van der Waals surface area contributed by atoms with Crippen LogP contribution in [0.4, 0.5) is 0 Å². The van der Waals surface area contributed by atoms with E-state index in [2.05, 4.69) is 0 Å². The molecule has 0 radical (unpaired) electrons. The van der Waals surface area contributed by atoms with Crippen molar-refractivity contribution >= 4 is 22.8 Å². The van der Waals surface area contributed by atoms with Gasteiger partial charge in [-0.15, -0.1) is 17.0 Å². The predicted octanol–water partition coefficient (Wildman–Crippen LogP) is 1.72. The smallest absolute Gasteiger partial charge is 0.265 e. The predicted molar refractivity (Wildman–Crippen MR) is 53.0 cm³/mol. The molecule has 0 saturated heterocycles. The molecule has 4 nitrogen and oxygen atoms in total. The molecule has 0 N–H and O–H groups in total. The van der Waals surface area contributed by atoms with Gasteiger partial charge in [0.25, 0.3) is 6.54 Å². The molecule has 0 unspecified atom stereocenters. The Balaban J connectivity index is 0.00000144. The molecule has 0 fully saturated rings. The topological polar surface area (TPSA) is 60.2 Å². The number of carbonyl (C=O) groups excluding carboxylic acids is 1. The van der Waals surface area contributed by atoms with Crippen LogP contribution in [0.5, 0.6) is 0 Å². The van der Waals surface area contributed by atoms with Gasteiger partial charge >= 0.3 is 0 Å². The lowest BCUT2D eigenvalue weighted by atomic mass is 10.1. The van der Waals surface area contributed by atoms with Gasteiger partial charge in [0, 0.05) is 10.5 Å². The minimum Gasteiger partial charge on any atom is -0.287 e. The number of halogens is 1. The van der Waals surface area contributed by atoms with Crippen LogP contribution in [0, 0.1) is 10.1 Å². The van der Waals surface area contributed by atoms with Crippen molar-refractivity contribution in [1.29, 1.82) is 0 Å². The largest absolute Gasteiger partial charge is 0.287 e. The molecule has 0 saturated carbocycles. The molecule has 0 aliphatic rings. The van der Waals surface area contributed by atoms with Gasteiger partial charge in [-0.05, 0) is 0 Å². The lowest BCUT2D eigenvalue weighted by Gasteiger charge is -1.93. The van der Waals surface area contributed by atoms with Crippen LogP contribution in [0.15, 0.2) is 30.3 Å². The third-order valence-electron chi connectivity index (χ3n) is 1.37. The van der Waals surface area contributed by atoms with Crippen molar-refractivity contribution in [3.05, 3.63) is 46.0 Å². The molecule has 1 aromatic carbocycles. The monoisotopic (exact) mass is 245 g/mol. The number of hydrogen-bond acceptors (Lipinski definition) is 3. The van der Waals surface area contributed by atoms with Gasteiger partial charge < -0.3 is 0 Å². The van der Waals surface area contributed by atoms with Gasteiger partial charge in [0.2, 0.25) is 5.78 Å². The Morgan fingerprint density at radius 2 is 1.85 bits per heavy atom. The number of benzene rings is 1. The molecule has 0 aliphatic heterocycles. The summed E-state index contributed by atoms with van der Waals surface area (Å²) in [4.78, 5) is 20.4. The van der Waals surface area contributed by atoms with E-state index in [9.17, 15) is 14.9 Å². The van der Waals surface area contributed by atoms with Crippen molar-refractivity contribution in [2.45, 2.75) is 0 Å². The van der Waals surface area contributed by atoms with Crippen LogP contribution in [0.25, 0.3) is 0 Å². The fourth-order valence-corrected chi connectivity index (χ4v) is 0.833. The molecule has 1 aromatic rings. The molecule has 0 atom stereocenters. The summed E-state index contributed by atoms with van der Waals surface area (Å²) in [7, 11) is 0. The van der Waals surface area contributed by atoms with Crippen LogP contribution < -0.4 is 0 Å². The Hall–Kier alpha value is -1.23. The van der Waals surface area contributed by atoms with E-state index in [1.165, 1.54) is 0 Å². The van der Waals surface area contributed by atoms with Crippen LogP contribution in [-0.4, -0.2) is 17.3 Å². The zero-order chi connectivity index (χ0) is 8.97. The van der Waals surface area contributed by atoms with E-state index in [-0.39, 0.29) is 17.0 Å². The van der Waals surface area contributed by atoms with Gasteiger partial charge in [0.15, 0.2) is 0 Å². The summed E-state index contributed by atoms with van der Waals surface area (Å²) in [5, 5.41) is 9.97. The maximum atomic E-state index is 11.0. The molecule has 70 valence electrons. The van der Waals surface area contributed by atoms with Crippen molar-refractivity contribution in [2.24, 2.45) is 0 Å². The summed E-state index contributed by atoms with van der Waals surface area (Å²) < 4.78 is 0. The summed E-state index contributed by atoms with van der Waals surface area (Å²) in [5.41, 5.74) is 0.384. The first kappa shape index (κ1) is 11.8. The highest BCUT2D eigenvalue weighted by Gasteiger charge is 2.10. The Kier molecular flexibility index (Phi) is 4.91. The highest BCUT2D eigenvalue weighted by molar-refractivity contribution is 8.93. The first-order valence-corrected chi connectivity index (χ1v) is 3.40. The molecule has 1 rings (SSSR count). The maximum Gasteiger partial charge on any atom is 0.265 e. The average molecular weight is 246 g/mol. The highest BCUT2D eigenvalue weighted by Crippen LogP contribution is 1.99. The molecule has 0 aliphatic carbocycles. The zero-order valence-electron chi connectivity index (χ0n) is 6.67. The van der Waals surface area contributed by atoms with Gasteiger partial charge in [-0.3, -0.25) is 14.9 Å². The van der Waals surface area contributed by atoms with Crippen molar-refractivity contribution in [2.75, 3.05) is 6.54 Å². The van der Waals surface area contributed by atoms with Crippen LogP contribution in [0.3, 0.4) is 0 Å². The Bertz CT molecular complexity index is 300. The minimum atomic E-state index is -0.635. The molecule has 0 spiro atoms. The van der Waals surface area contributed by atoms with E-state index in [0.717, 1.165) is 0 Å². The van der Waals surface area contributed by atoms with E-state index in [0.29, 0.717) is 5.56 Å². The fourth-order valence-electron chi connectivity index (χ4n) is 0.833. The first-order chi connectivity index (χ1) is 5.70. The zero-order valence-corrected chi connectivity index (χ0v) is 8.39. The van der Waals surface area contributed by atoms with Crippen LogP contribution in [0.1, 0.15) is 10.4 Å². The minimum absolute atomic E-state index is 0. The van der Waals surface area contributed by atoms with Crippen molar-refractivity contribution in [3.63, 3.8) is 0 Å². The standard InChI is InChI=1S/C8H7NO3.BrH/c10-8(6-9(11)12)7-4-2-1-3-5-7;/h1-5H,6H2;1H. The number of nitro groups is 1. The van der Waals surface area contributed by atoms with E-state index < -0.39 is 17.3 Å². The molecule has 0 heterocycles. The average Bonchev–Trinajstić information content (AvgIpc) is 2.05. The molecular weight excluding hydrogens is 238 g/mol. The normalized spacial score (nSPS) is 8.62. The number of hydrogen-bond donors (Lipinski definition) is 0. The van der Waals surface area contributed by atoms with E-state index in [1.54, 1.807) is 30.3 Å². The van der Waals surface area contributed by atoms with Gasteiger partial charge in [0.1, 0.15) is 0 Å². The molecule has 0 amide bonds.